The fourth-order valence-corrected chi connectivity index (χ4v) is 4.29. The van der Waals surface area contributed by atoms with Crippen LogP contribution in [0.25, 0.3) is 0 Å². The number of benzene rings is 1. The molecule has 2 aromatic heterocycles. The predicted molar refractivity (Wildman–Crippen MR) is 117 cm³/mol. The molecule has 3 aromatic rings. The number of carbonyl (C=O) groups is 1. The quantitative estimate of drug-likeness (QED) is 0.569. The molecule has 0 saturated heterocycles. The van der Waals surface area contributed by atoms with Crippen molar-refractivity contribution in [3.8, 4) is 0 Å². The number of carbonyl (C=O) groups excluding carboxylic acids is 1. The van der Waals surface area contributed by atoms with Gasteiger partial charge in [0.2, 0.25) is 10.7 Å². The number of hydrogen-bond donors (Lipinski definition) is 1. The van der Waals surface area contributed by atoms with Gasteiger partial charge in [-0.1, -0.05) is 36.9 Å². The van der Waals surface area contributed by atoms with E-state index in [0.717, 1.165) is 24.2 Å². The first-order chi connectivity index (χ1) is 14.0. The van der Waals surface area contributed by atoms with Gasteiger partial charge in [-0.15, -0.1) is 0 Å². The predicted octanol–water partition coefficient (Wildman–Crippen LogP) is 5.18. The van der Waals surface area contributed by atoms with E-state index in [-0.39, 0.29) is 12.5 Å². The van der Waals surface area contributed by atoms with Crippen molar-refractivity contribution in [2.24, 2.45) is 0 Å². The third kappa shape index (κ3) is 4.31. The van der Waals surface area contributed by atoms with Crippen LogP contribution in [-0.4, -0.2) is 25.0 Å². The van der Waals surface area contributed by atoms with E-state index in [1.54, 1.807) is 10.7 Å². The Labute approximate surface area is 180 Å². The van der Waals surface area contributed by atoms with Crippen LogP contribution < -0.4 is 5.32 Å². The monoisotopic (exact) mass is 429 g/mol. The van der Waals surface area contributed by atoms with Crippen molar-refractivity contribution >= 4 is 35.4 Å². The van der Waals surface area contributed by atoms with Crippen molar-refractivity contribution in [2.75, 3.05) is 5.32 Å². The molecule has 1 saturated carbocycles. The molecule has 0 aliphatic heterocycles. The van der Waals surface area contributed by atoms with Crippen molar-refractivity contribution in [2.45, 2.75) is 51.5 Å². The molecule has 1 aliphatic rings. The SMILES string of the molecule is Cc1ccc(NC(=O)Cn2nc(C3CCCCC3)n(-n3cccc3)c2=S)cc1Cl. The van der Waals surface area contributed by atoms with E-state index in [9.17, 15) is 4.79 Å². The third-order valence-corrected chi connectivity index (χ3v) is 6.17. The summed E-state index contributed by atoms with van der Waals surface area (Å²) < 4.78 is 6.01. The summed E-state index contributed by atoms with van der Waals surface area (Å²) in [6.45, 7) is 1.98. The minimum Gasteiger partial charge on any atom is -0.324 e. The maximum absolute atomic E-state index is 12.6. The number of aryl methyl sites for hydroxylation is 1. The van der Waals surface area contributed by atoms with E-state index in [2.05, 4.69) is 5.32 Å². The number of aromatic nitrogens is 4. The number of amides is 1. The molecule has 2 heterocycles. The first kappa shape index (κ1) is 19.9. The van der Waals surface area contributed by atoms with Crippen LogP contribution in [0.2, 0.25) is 5.02 Å². The second kappa shape index (κ2) is 8.55. The lowest BCUT2D eigenvalue weighted by Gasteiger charge is -2.21. The van der Waals surface area contributed by atoms with Gasteiger partial charge in [0.05, 0.1) is 0 Å². The van der Waals surface area contributed by atoms with Gasteiger partial charge < -0.3 is 5.32 Å². The summed E-state index contributed by atoms with van der Waals surface area (Å²) >= 11 is 11.9. The molecule has 152 valence electrons. The number of hydrogen-bond acceptors (Lipinski definition) is 3. The summed E-state index contributed by atoms with van der Waals surface area (Å²) in [6, 6.07) is 9.38. The van der Waals surface area contributed by atoms with Gasteiger partial charge in [0.15, 0.2) is 5.82 Å². The van der Waals surface area contributed by atoms with E-state index in [0.29, 0.717) is 21.4 Å². The minimum atomic E-state index is -0.187. The van der Waals surface area contributed by atoms with Crippen LogP contribution in [0.1, 0.15) is 49.4 Å². The third-order valence-electron chi connectivity index (χ3n) is 5.38. The van der Waals surface area contributed by atoms with Crippen LogP contribution in [-0.2, 0) is 11.3 Å². The molecule has 0 bridgehead atoms. The lowest BCUT2D eigenvalue weighted by molar-refractivity contribution is -0.116. The molecule has 0 unspecified atom stereocenters. The number of anilines is 1. The summed E-state index contributed by atoms with van der Waals surface area (Å²) in [7, 11) is 0. The van der Waals surface area contributed by atoms with E-state index < -0.39 is 0 Å². The Kier molecular flexibility index (Phi) is 5.87. The van der Waals surface area contributed by atoms with Crippen molar-refractivity contribution in [1.29, 1.82) is 0 Å². The van der Waals surface area contributed by atoms with Crippen molar-refractivity contribution in [3.63, 3.8) is 0 Å². The Balaban J connectivity index is 1.60. The first-order valence-electron chi connectivity index (χ1n) is 9.92. The largest absolute Gasteiger partial charge is 0.324 e. The molecule has 0 atom stereocenters. The average Bonchev–Trinajstić information content (AvgIpc) is 3.34. The minimum absolute atomic E-state index is 0.0539. The number of nitrogens with zero attached hydrogens (tertiary/aromatic N) is 4. The molecule has 1 aliphatic carbocycles. The molecule has 1 aromatic carbocycles. The molecule has 8 heteroatoms. The highest BCUT2D eigenvalue weighted by atomic mass is 35.5. The van der Waals surface area contributed by atoms with Crippen molar-refractivity contribution in [3.05, 3.63) is 63.9 Å². The van der Waals surface area contributed by atoms with Crippen molar-refractivity contribution < 1.29 is 4.79 Å². The molecule has 29 heavy (non-hydrogen) atoms. The van der Waals surface area contributed by atoms with E-state index in [1.807, 2.05) is 52.9 Å². The zero-order valence-electron chi connectivity index (χ0n) is 16.3. The second-order valence-electron chi connectivity index (χ2n) is 7.52. The normalized spacial score (nSPS) is 14.8. The van der Waals surface area contributed by atoms with Crippen LogP contribution in [0, 0.1) is 11.7 Å². The van der Waals surface area contributed by atoms with E-state index >= 15 is 0 Å². The van der Waals surface area contributed by atoms with Crippen molar-refractivity contribution in [1.82, 2.24) is 19.1 Å². The molecular formula is C21H24ClN5OS. The molecule has 4 rings (SSSR count). The second-order valence-corrected chi connectivity index (χ2v) is 8.29. The van der Waals surface area contributed by atoms with Gasteiger partial charge in [0.1, 0.15) is 6.54 Å². The zero-order valence-corrected chi connectivity index (χ0v) is 17.9. The van der Waals surface area contributed by atoms with Gasteiger partial charge in [0, 0.05) is 29.0 Å². The molecule has 1 N–H and O–H groups in total. The summed E-state index contributed by atoms with van der Waals surface area (Å²) in [6.07, 6.45) is 9.76. The molecule has 1 amide bonds. The Morgan fingerprint density at radius 1 is 1.24 bits per heavy atom. The summed E-state index contributed by atoms with van der Waals surface area (Å²) in [5, 5.41) is 8.27. The van der Waals surface area contributed by atoms with Crippen LogP contribution in [0.4, 0.5) is 5.69 Å². The van der Waals surface area contributed by atoms with Crippen LogP contribution in [0.15, 0.2) is 42.7 Å². The Morgan fingerprint density at radius 2 is 1.97 bits per heavy atom. The lowest BCUT2D eigenvalue weighted by Crippen LogP contribution is -2.20. The van der Waals surface area contributed by atoms with Crippen LogP contribution in [0.3, 0.4) is 0 Å². The Hall–Kier alpha value is -2.38. The van der Waals surface area contributed by atoms with Crippen LogP contribution in [0.5, 0.6) is 0 Å². The molecule has 0 radical (unpaired) electrons. The zero-order chi connectivity index (χ0) is 20.4. The molecule has 6 nitrogen and oxygen atoms in total. The summed E-state index contributed by atoms with van der Waals surface area (Å²) in [4.78, 5) is 12.6. The summed E-state index contributed by atoms with van der Waals surface area (Å²) in [5.74, 6) is 1.10. The van der Waals surface area contributed by atoms with Crippen LogP contribution >= 0.6 is 23.8 Å². The molecule has 1 fully saturated rings. The molecular weight excluding hydrogens is 406 g/mol. The van der Waals surface area contributed by atoms with Gasteiger partial charge in [-0.2, -0.15) is 5.10 Å². The topological polar surface area (TPSA) is 56.8 Å². The standard InChI is InChI=1S/C21H24ClN5OS/c1-15-9-10-17(13-18(15)22)23-19(28)14-26-21(29)27(25-11-5-6-12-25)20(24-26)16-7-3-2-4-8-16/h5-6,9-13,16H,2-4,7-8,14H2,1H3,(H,23,28). The van der Waals surface area contributed by atoms with Gasteiger partial charge in [-0.05, 0) is 61.8 Å². The first-order valence-corrected chi connectivity index (χ1v) is 10.7. The summed E-state index contributed by atoms with van der Waals surface area (Å²) in [5.41, 5.74) is 1.63. The van der Waals surface area contributed by atoms with Gasteiger partial charge in [-0.3, -0.25) is 9.47 Å². The highest BCUT2D eigenvalue weighted by Gasteiger charge is 2.24. The average molecular weight is 430 g/mol. The Bertz CT molecular complexity index is 1060. The van der Waals surface area contributed by atoms with Gasteiger partial charge >= 0.3 is 0 Å². The van der Waals surface area contributed by atoms with E-state index in [4.69, 9.17) is 28.9 Å². The maximum Gasteiger partial charge on any atom is 0.246 e. The molecule has 0 spiro atoms. The number of rotatable bonds is 5. The Morgan fingerprint density at radius 3 is 2.66 bits per heavy atom. The highest BCUT2D eigenvalue weighted by Crippen LogP contribution is 2.32. The number of halogens is 1. The smallest absolute Gasteiger partial charge is 0.246 e. The van der Waals surface area contributed by atoms with E-state index in [1.165, 1.54) is 19.3 Å². The number of nitrogens with one attached hydrogen (secondary N) is 1. The fraction of sp³-hybridized carbons (Fsp3) is 0.381. The highest BCUT2D eigenvalue weighted by molar-refractivity contribution is 7.71. The van der Waals surface area contributed by atoms with Gasteiger partial charge in [-0.25, -0.2) is 9.36 Å². The maximum atomic E-state index is 12.6. The van der Waals surface area contributed by atoms with Gasteiger partial charge in [0.25, 0.3) is 0 Å². The lowest BCUT2D eigenvalue weighted by atomic mass is 9.89. The fourth-order valence-electron chi connectivity index (χ4n) is 3.82.